The second-order valence-electron chi connectivity index (χ2n) is 2.53. The molecule has 1 nitrogen and oxygen atoms in total. The van der Waals surface area contributed by atoms with Gasteiger partial charge in [0, 0.05) is 12.6 Å². The maximum Gasteiger partial charge on any atom is 0.116 e. The van der Waals surface area contributed by atoms with Gasteiger partial charge in [-0.05, 0) is 20.4 Å². The lowest BCUT2D eigenvalue weighted by Crippen LogP contribution is -2.26. The van der Waals surface area contributed by atoms with Gasteiger partial charge in [0.25, 0.3) is 0 Å². The first-order valence-electron chi connectivity index (χ1n) is 3.06. The Morgan fingerprint density at radius 3 is 2.38 bits per heavy atom. The minimum atomic E-state index is -0.583. The molecule has 8 heavy (non-hydrogen) atoms. The quantitative estimate of drug-likeness (QED) is 0.458. The predicted octanol–water partition coefficient (Wildman–Crippen LogP) is 1.05. The molecule has 1 aliphatic heterocycles. The fraction of sp³-hybridized carbons (Fsp3) is 1.00. The van der Waals surface area contributed by atoms with Crippen LogP contribution in [0.2, 0.25) is 0 Å². The molecule has 0 radical (unpaired) electrons. The largest absolute Gasteiger partial charge is 0.301 e. The first kappa shape index (κ1) is 6.02. The van der Waals surface area contributed by atoms with Crippen LogP contribution in [0, 0.1) is 0 Å². The molecular weight excluding hydrogens is 105 g/mol. The highest BCUT2D eigenvalue weighted by molar-refractivity contribution is 4.80. The zero-order valence-corrected chi connectivity index (χ0v) is 5.39. The van der Waals surface area contributed by atoms with Crippen molar-refractivity contribution in [3.05, 3.63) is 0 Å². The third kappa shape index (κ3) is 0.848. The summed E-state index contributed by atoms with van der Waals surface area (Å²) in [6, 6.07) is 0.148. The van der Waals surface area contributed by atoms with E-state index in [0.717, 1.165) is 13.0 Å². The number of hydrogen-bond acceptors (Lipinski definition) is 1. The van der Waals surface area contributed by atoms with Gasteiger partial charge in [-0.1, -0.05) is 0 Å². The van der Waals surface area contributed by atoms with Crippen molar-refractivity contribution in [2.75, 3.05) is 13.6 Å². The zero-order chi connectivity index (χ0) is 6.15. The Hall–Kier alpha value is -0.110. The third-order valence-corrected chi connectivity index (χ3v) is 1.98. The summed E-state index contributed by atoms with van der Waals surface area (Å²) in [6.07, 6.45) is 0.137. The standard InChI is InChI=1S/C6H12FN/c1-5-6(7)3-4-8(5)2/h5-6H,3-4H2,1-2H3/t5-,6+/m1/s1. The second kappa shape index (κ2) is 2.02. The lowest BCUT2D eigenvalue weighted by molar-refractivity contribution is 0.239. The van der Waals surface area contributed by atoms with E-state index in [0.29, 0.717) is 0 Å². The molecule has 1 rings (SSSR count). The maximum absolute atomic E-state index is 12.5. The highest BCUT2D eigenvalue weighted by atomic mass is 19.1. The Bertz CT molecular complexity index is 74.6. The monoisotopic (exact) mass is 117 g/mol. The Balaban J connectivity index is 2.44. The van der Waals surface area contributed by atoms with E-state index >= 15 is 0 Å². The normalized spacial score (nSPS) is 40.9. The molecule has 0 bridgehead atoms. The van der Waals surface area contributed by atoms with Crippen LogP contribution in [0.15, 0.2) is 0 Å². The first-order valence-corrected chi connectivity index (χ1v) is 3.06. The van der Waals surface area contributed by atoms with Crippen molar-refractivity contribution in [1.29, 1.82) is 0 Å². The molecule has 1 saturated heterocycles. The summed E-state index contributed by atoms with van der Waals surface area (Å²) >= 11 is 0. The van der Waals surface area contributed by atoms with Crippen molar-refractivity contribution < 1.29 is 4.39 Å². The highest BCUT2D eigenvalue weighted by Crippen LogP contribution is 2.17. The Morgan fingerprint density at radius 1 is 1.62 bits per heavy atom. The van der Waals surface area contributed by atoms with Crippen molar-refractivity contribution in [3.8, 4) is 0 Å². The molecule has 1 aliphatic rings. The summed E-state index contributed by atoms with van der Waals surface area (Å²) in [5.74, 6) is 0. The number of hydrogen-bond donors (Lipinski definition) is 0. The molecular formula is C6H12FN. The number of alkyl halides is 1. The molecule has 0 N–H and O–H groups in total. The third-order valence-electron chi connectivity index (χ3n) is 1.98. The summed E-state index contributed by atoms with van der Waals surface area (Å²) in [4.78, 5) is 2.05. The molecule has 48 valence electrons. The van der Waals surface area contributed by atoms with E-state index in [-0.39, 0.29) is 6.04 Å². The van der Waals surface area contributed by atoms with Crippen LogP contribution in [0.3, 0.4) is 0 Å². The maximum atomic E-state index is 12.5. The summed E-state index contributed by atoms with van der Waals surface area (Å²) in [7, 11) is 1.96. The zero-order valence-electron chi connectivity index (χ0n) is 5.39. The van der Waals surface area contributed by atoms with Crippen LogP contribution < -0.4 is 0 Å². The number of likely N-dealkylation sites (tertiary alicyclic amines) is 1. The summed E-state index contributed by atoms with van der Waals surface area (Å²) in [6.45, 7) is 2.85. The van der Waals surface area contributed by atoms with E-state index in [2.05, 4.69) is 0 Å². The molecule has 0 saturated carbocycles. The van der Waals surface area contributed by atoms with E-state index in [4.69, 9.17) is 0 Å². The number of nitrogens with zero attached hydrogens (tertiary/aromatic N) is 1. The van der Waals surface area contributed by atoms with Gasteiger partial charge in [0.15, 0.2) is 0 Å². The van der Waals surface area contributed by atoms with Gasteiger partial charge >= 0.3 is 0 Å². The van der Waals surface area contributed by atoms with Crippen LogP contribution in [0.4, 0.5) is 4.39 Å². The van der Waals surface area contributed by atoms with Crippen LogP contribution in [0.25, 0.3) is 0 Å². The van der Waals surface area contributed by atoms with Crippen molar-refractivity contribution >= 4 is 0 Å². The molecule has 0 spiro atoms. The predicted molar refractivity (Wildman–Crippen MR) is 31.6 cm³/mol. The van der Waals surface area contributed by atoms with Gasteiger partial charge in [0.2, 0.25) is 0 Å². The number of rotatable bonds is 0. The van der Waals surface area contributed by atoms with E-state index in [9.17, 15) is 4.39 Å². The summed E-state index contributed by atoms with van der Waals surface area (Å²) in [5, 5.41) is 0. The number of halogens is 1. The molecule has 0 aromatic carbocycles. The highest BCUT2D eigenvalue weighted by Gasteiger charge is 2.26. The summed E-state index contributed by atoms with van der Waals surface area (Å²) in [5.41, 5.74) is 0. The van der Waals surface area contributed by atoms with E-state index in [1.807, 2.05) is 18.9 Å². The topological polar surface area (TPSA) is 3.24 Å². The molecule has 1 fully saturated rings. The molecule has 0 unspecified atom stereocenters. The Kier molecular flexibility index (Phi) is 1.52. The Morgan fingerprint density at radius 2 is 2.25 bits per heavy atom. The fourth-order valence-electron chi connectivity index (χ4n) is 1.05. The van der Waals surface area contributed by atoms with Gasteiger partial charge in [-0.25, -0.2) is 4.39 Å². The Labute approximate surface area is 49.5 Å². The van der Waals surface area contributed by atoms with E-state index in [1.54, 1.807) is 0 Å². The molecule has 2 heteroatoms. The van der Waals surface area contributed by atoms with E-state index in [1.165, 1.54) is 0 Å². The van der Waals surface area contributed by atoms with Crippen LogP contribution in [-0.4, -0.2) is 30.7 Å². The van der Waals surface area contributed by atoms with Gasteiger partial charge in [-0.3, -0.25) is 0 Å². The van der Waals surface area contributed by atoms with Crippen LogP contribution in [-0.2, 0) is 0 Å². The van der Waals surface area contributed by atoms with E-state index < -0.39 is 6.17 Å². The lowest BCUT2D eigenvalue weighted by atomic mass is 10.2. The molecule has 0 aromatic heterocycles. The smallest absolute Gasteiger partial charge is 0.116 e. The minimum Gasteiger partial charge on any atom is -0.301 e. The second-order valence-corrected chi connectivity index (χ2v) is 2.53. The van der Waals surface area contributed by atoms with Crippen LogP contribution >= 0.6 is 0 Å². The van der Waals surface area contributed by atoms with Crippen molar-refractivity contribution in [1.82, 2.24) is 4.90 Å². The van der Waals surface area contributed by atoms with Gasteiger partial charge in [0.1, 0.15) is 6.17 Å². The molecule has 2 atom stereocenters. The lowest BCUT2D eigenvalue weighted by Gasteiger charge is -2.14. The van der Waals surface area contributed by atoms with Gasteiger partial charge in [0.05, 0.1) is 0 Å². The molecule has 0 aromatic rings. The first-order chi connectivity index (χ1) is 3.72. The van der Waals surface area contributed by atoms with Crippen LogP contribution in [0.1, 0.15) is 13.3 Å². The van der Waals surface area contributed by atoms with Crippen molar-refractivity contribution in [2.24, 2.45) is 0 Å². The van der Waals surface area contributed by atoms with Gasteiger partial charge in [-0.2, -0.15) is 0 Å². The summed E-state index contributed by atoms with van der Waals surface area (Å²) < 4.78 is 12.5. The molecule has 0 amide bonds. The average Bonchev–Trinajstić information content (AvgIpc) is 1.98. The van der Waals surface area contributed by atoms with Crippen molar-refractivity contribution in [3.63, 3.8) is 0 Å². The molecule has 0 aliphatic carbocycles. The fourth-order valence-corrected chi connectivity index (χ4v) is 1.05. The van der Waals surface area contributed by atoms with Gasteiger partial charge < -0.3 is 4.90 Å². The average molecular weight is 117 g/mol. The van der Waals surface area contributed by atoms with Crippen molar-refractivity contribution in [2.45, 2.75) is 25.6 Å². The SMILES string of the molecule is C[C@@H]1[C@@H](F)CCN1C. The minimum absolute atomic E-state index is 0.148. The molecule has 1 heterocycles. The van der Waals surface area contributed by atoms with Gasteiger partial charge in [-0.15, -0.1) is 0 Å². The van der Waals surface area contributed by atoms with Crippen LogP contribution in [0.5, 0.6) is 0 Å².